The standard InChI is InChI=1S/C17H19OSi.Ta/c1-17(2,3)19(18-4,15-11-7-5-8-12-15)16-13-9-6-10-14-16;/h5-14H,1-3H3;. The fourth-order valence-electron chi connectivity index (χ4n) is 2.72. The minimum absolute atomic E-state index is 0.0443. The number of benzene rings is 2. The first-order valence-electron chi connectivity index (χ1n) is 6.70. The second-order valence-electron chi connectivity index (χ2n) is 5.86. The summed E-state index contributed by atoms with van der Waals surface area (Å²) in [7, 11) is -2.33. The van der Waals surface area contributed by atoms with Crippen molar-refractivity contribution in [3.05, 3.63) is 60.7 Å². The van der Waals surface area contributed by atoms with Gasteiger partial charge >= 0.3 is 134 Å². The van der Waals surface area contributed by atoms with Gasteiger partial charge in [-0.25, -0.2) is 0 Å². The van der Waals surface area contributed by atoms with Gasteiger partial charge in [0.15, 0.2) is 0 Å². The molecule has 0 unspecified atom stereocenters. The maximum atomic E-state index is 6.30. The van der Waals surface area contributed by atoms with E-state index in [0.29, 0.717) is 0 Å². The zero-order valence-electron chi connectivity index (χ0n) is 12.1. The molecule has 0 saturated carbocycles. The average molecular weight is 448 g/mol. The Kier molecular flexibility index (Phi) is 4.87. The predicted octanol–water partition coefficient (Wildman–Crippen LogP) is 3.03. The van der Waals surface area contributed by atoms with Crippen LogP contribution in [-0.2, 0) is 24.8 Å². The van der Waals surface area contributed by atoms with Gasteiger partial charge in [0.25, 0.3) is 0 Å². The van der Waals surface area contributed by atoms with E-state index in [-0.39, 0.29) is 5.04 Å². The van der Waals surface area contributed by atoms with Gasteiger partial charge < -0.3 is 0 Å². The van der Waals surface area contributed by atoms with Crippen molar-refractivity contribution in [3.8, 4) is 4.21 Å². The van der Waals surface area contributed by atoms with Gasteiger partial charge in [0.05, 0.1) is 0 Å². The first-order chi connectivity index (χ1) is 9.52. The Labute approximate surface area is 134 Å². The number of hydrogen-bond acceptors (Lipinski definition) is 1. The quantitative estimate of drug-likeness (QED) is 0.657. The summed E-state index contributed by atoms with van der Waals surface area (Å²) in [5.74, 6) is 0. The van der Waals surface area contributed by atoms with Gasteiger partial charge in [-0.1, -0.05) is 0 Å². The maximum absolute atomic E-state index is 6.30. The summed E-state index contributed by atoms with van der Waals surface area (Å²) in [6.07, 6.45) is 0. The molecule has 0 saturated heterocycles. The van der Waals surface area contributed by atoms with E-state index in [1.54, 1.807) is 0 Å². The Morgan fingerprint density at radius 3 is 1.55 bits per heavy atom. The third-order valence-electron chi connectivity index (χ3n) is 3.62. The van der Waals surface area contributed by atoms with Crippen LogP contribution in [0.1, 0.15) is 20.8 Å². The van der Waals surface area contributed by atoms with E-state index in [0.717, 1.165) is 20.4 Å². The SMILES string of the molecule is CC(C)(C)[Si](O[C]#[Ta])(c1ccccc1)c1ccccc1. The van der Waals surface area contributed by atoms with Crippen molar-refractivity contribution >= 4 is 18.7 Å². The molecule has 0 radical (unpaired) electrons. The van der Waals surface area contributed by atoms with Crippen LogP contribution in [0, 0.1) is 4.21 Å². The fraction of sp³-hybridized carbons (Fsp3) is 0.235. The molecule has 0 heterocycles. The van der Waals surface area contributed by atoms with Gasteiger partial charge in [-0.15, -0.1) is 0 Å². The van der Waals surface area contributed by atoms with E-state index < -0.39 is 8.32 Å². The van der Waals surface area contributed by atoms with Crippen LogP contribution in [0.4, 0.5) is 0 Å². The van der Waals surface area contributed by atoms with E-state index >= 15 is 0 Å². The van der Waals surface area contributed by atoms with Gasteiger partial charge in [-0.3, -0.25) is 0 Å². The van der Waals surface area contributed by atoms with Crippen molar-refractivity contribution in [1.82, 2.24) is 0 Å². The van der Waals surface area contributed by atoms with E-state index in [4.69, 9.17) is 4.43 Å². The molecule has 3 heteroatoms. The van der Waals surface area contributed by atoms with Crippen LogP contribution in [-0.4, -0.2) is 8.32 Å². The van der Waals surface area contributed by atoms with Gasteiger partial charge in [0.1, 0.15) is 0 Å². The van der Waals surface area contributed by atoms with Crippen molar-refractivity contribution in [2.75, 3.05) is 0 Å². The van der Waals surface area contributed by atoms with Crippen LogP contribution in [0.3, 0.4) is 0 Å². The van der Waals surface area contributed by atoms with Crippen LogP contribution < -0.4 is 10.4 Å². The summed E-state index contributed by atoms with van der Waals surface area (Å²) in [6, 6.07) is 21.3. The molecule has 0 aliphatic heterocycles. The van der Waals surface area contributed by atoms with E-state index in [1.165, 1.54) is 10.4 Å². The molecule has 0 spiro atoms. The van der Waals surface area contributed by atoms with E-state index in [2.05, 4.69) is 85.6 Å². The first-order valence-corrected chi connectivity index (χ1v) is 10.2. The number of hydrogen-bond donors (Lipinski definition) is 0. The molecule has 0 atom stereocenters. The van der Waals surface area contributed by atoms with Crippen molar-refractivity contribution in [2.24, 2.45) is 0 Å². The van der Waals surface area contributed by atoms with Crippen molar-refractivity contribution in [2.45, 2.75) is 25.8 Å². The molecule has 2 rings (SSSR count). The first kappa shape index (κ1) is 15.5. The van der Waals surface area contributed by atoms with Gasteiger partial charge in [0.2, 0.25) is 0 Å². The summed E-state index contributed by atoms with van der Waals surface area (Å²) >= 11 is 1.02. The molecule has 0 fully saturated rings. The third kappa shape index (κ3) is 2.77. The zero-order chi connectivity index (χ0) is 14.6. The molecule has 2 aromatic carbocycles. The molecule has 0 aliphatic rings. The molecule has 2 aromatic rings. The summed E-state index contributed by atoms with van der Waals surface area (Å²) < 4.78 is 9.39. The van der Waals surface area contributed by atoms with E-state index in [1.807, 2.05) is 0 Å². The summed E-state index contributed by atoms with van der Waals surface area (Å²) in [4.78, 5) is 0. The second-order valence-corrected chi connectivity index (χ2v) is 10.7. The molecule has 20 heavy (non-hydrogen) atoms. The monoisotopic (exact) mass is 448 g/mol. The fourth-order valence-corrected chi connectivity index (χ4v) is 8.26. The molecule has 0 bridgehead atoms. The normalized spacial score (nSPS) is 11.9. The summed E-state index contributed by atoms with van der Waals surface area (Å²) in [6.45, 7) is 6.82. The molecular formula is C17H19OSiTa. The minimum atomic E-state index is -2.33. The molecule has 0 N–H and O–H groups in total. The number of rotatable bonds is 3. The van der Waals surface area contributed by atoms with Crippen molar-refractivity contribution < 1.29 is 24.8 Å². The van der Waals surface area contributed by atoms with Gasteiger partial charge in [-0.2, -0.15) is 0 Å². The van der Waals surface area contributed by atoms with Gasteiger partial charge in [-0.05, 0) is 0 Å². The van der Waals surface area contributed by atoms with Crippen LogP contribution in [0.15, 0.2) is 60.7 Å². The topological polar surface area (TPSA) is 9.23 Å². The molecule has 0 aliphatic carbocycles. The Morgan fingerprint density at radius 2 is 1.25 bits per heavy atom. The second kappa shape index (κ2) is 6.27. The van der Waals surface area contributed by atoms with Gasteiger partial charge in [0, 0.05) is 0 Å². The third-order valence-corrected chi connectivity index (χ3v) is 9.40. The molecule has 0 aromatic heterocycles. The van der Waals surface area contributed by atoms with Crippen LogP contribution in [0.5, 0.6) is 0 Å². The molecular weight excluding hydrogens is 429 g/mol. The van der Waals surface area contributed by atoms with Crippen LogP contribution >= 0.6 is 0 Å². The van der Waals surface area contributed by atoms with Crippen LogP contribution in [0.2, 0.25) is 5.04 Å². The molecule has 102 valence electrons. The zero-order valence-corrected chi connectivity index (χ0v) is 16.3. The van der Waals surface area contributed by atoms with Crippen molar-refractivity contribution in [3.63, 3.8) is 0 Å². The average Bonchev–Trinajstić information content (AvgIpc) is 2.45. The van der Waals surface area contributed by atoms with Crippen molar-refractivity contribution in [1.29, 1.82) is 0 Å². The Bertz CT molecular complexity index is 557. The van der Waals surface area contributed by atoms with Crippen LogP contribution in [0.25, 0.3) is 0 Å². The molecule has 0 amide bonds. The molecule has 1 nitrogen and oxygen atoms in total. The Balaban J connectivity index is 2.74. The Morgan fingerprint density at radius 1 is 0.850 bits per heavy atom. The predicted molar refractivity (Wildman–Crippen MR) is 82.6 cm³/mol. The Hall–Kier alpha value is -0.863. The van der Waals surface area contributed by atoms with E-state index in [9.17, 15) is 0 Å². The summed E-state index contributed by atoms with van der Waals surface area (Å²) in [5, 5.41) is 2.65. The summed E-state index contributed by atoms with van der Waals surface area (Å²) in [5.41, 5.74) is 0.